The van der Waals surface area contributed by atoms with E-state index >= 15 is 0 Å². The van der Waals surface area contributed by atoms with Gasteiger partial charge in [0.25, 0.3) is 0 Å². The summed E-state index contributed by atoms with van der Waals surface area (Å²) in [6, 6.07) is 28.3. The maximum Gasteiger partial charge on any atom is 0.167 e. The Morgan fingerprint density at radius 3 is 1.75 bits per heavy atom. The summed E-state index contributed by atoms with van der Waals surface area (Å²) in [5.74, 6) is -0.196. The van der Waals surface area contributed by atoms with Gasteiger partial charge in [-0.25, -0.2) is 0 Å². The Morgan fingerprint density at radius 1 is 0.786 bits per heavy atom. The van der Waals surface area contributed by atoms with Crippen LogP contribution < -0.4 is 4.90 Å². The molecule has 0 amide bonds. The molecular formula is C26H27NO. The molecule has 2 nitrogen and oxygen atoms in total. The third-order valence-corrected chi connectivity index (χ3v) is 5.01. The first-order chi connectivity index (χ1) is 13.7. The van der Waals surface area contributed by atoms with E-state index in [1.54, 1.807) is 6.08 Å². The Morgan fingerprint density at radius 2 is 1.29 bits per heavy atom. The van der Waals surface area contributed by atoms with Crippen molar-refractivity contribution in [1.82, 2.24) is 0 Å². The van der Waals surface area contributed by atoms with E-state index in [0.717, 1.165) is 29.8 Å². The number of carbonyl (C=O) groups is 1. The Labute approximate surface area is 168 Å². The first kappa shape index (κ1) is 19.6. The fraction of sp³-hybridized carbons (Fsp3) is 0.192. The molecule has 0 aliphatic carbocycles. The van der Waals surface area contributed by atoms with Crippen molar-refractivity contribution < 1.29 is 4.79 Å². The van der Waals surface area contributed by atoms with E-state index in [9.17, 15) is 4.79 Å². The minimum Gasteiger partial charge on any atom is -0.372 e. The first-order valence-corrected chi connectivity index (χ1v) is 9.89. The fourth-order valence-corrected chi connectivity index (χ4v) is 3.47. The molecule has 0 bridgehead atoms. The van der Waals surface area contributed by atoms with Crippen LogP contribution in [0.5, 0.6) is 0 Å². The lowest BCUT2D eigenvalue weighted by molar-refractivity contribution is -0.115. The zero-order valence-electron chi connectivity index (χ0n) is 16.6. The third kappa shape index (κ3) is 4.77. The number of rotatable bonds is 8. The number of carbonyl (C=O) groups excluding carboxylic acids is 1. The van der Waals surface area contributed by atoms with Crippen molar-refractivity contribution in [2.75, 3.05) is 18.0 Å². The van der Waals surface area contributed by atoms with E-state index in [2.05, 4.69) is 43.0 Å². The lowest BCUT2D eigenvalue weighted by Gasteiger charge is -2.20. The quantitative estimate of drug-likeness (QED) is 0.458. The largest absolute Gasteiger partial charge is 0.372 e. The number of nitrogens with zero attached hydrogens (tertiary/aromatic N) is 1. The number of hydrogen-bond acceptors (Lipinski definition) is 2. The van der Waals surface area contributed by atoms with E-state index in [1.807, 2.05) is 66.7 Å². The number of hydrogen-bond donors (Lipinski definition) is 0. The number of benzene rings is 3. The van der Waals surface area contributed by atoms with Gasteiger partial charge >= 0.3 is 0 Å². The van der Waals surface area contributed by atoms with Crippen LogP contribution in [0.25, 0.3) is 6.08 Å². The van der Waals surface area contributed by atoms with Crippen molar-refractivity contribution in [3.8, 4) is 0 Å². The molecule has 0 spiro atoms. The van der Waals surface area contributed by atoms with E-state index in [4.69, 9.17) is 0 Å². The Kier molecular flexibility index (Phi) is 6.80. The molecule has 0 aliphatic heterocycles. The van der Waals surface area contributed by atoms with Crippen LogP contribution in [-0.4, -0.2) is 18.9 Å². The molecule has 0 saturated carbocycles. The number of allylic oxidation sites excluding steroid dienone is 1. The summed E-state index contributed by atoms with van der Waals surface area (Å²) in [4.78, 5) is 15.4. The summed E-state index contributed by atoms with van der Waals surface area (Å²) in [7, 11) is 0. The highest BCUT2D eigenvalue weighted by Gasteiger charge is 2.20. The molecule has 3 rings (SSSR count). The van der Waals surface area contributed by atoms with Crippen LogP contribution in [0.4, 0.5) is 5.69 Å². The van der Waals surface area contributed by atoms with Crippen LogP contribution >= 0.6 is 0 Å². The van der Waals surface area contributed by atoms with Gasteiger partial charge in [-0.2, -0.15) is 0 Å². The minimum atomic E-state index is -0.284. The second-order valence-electron chi connectivity index (χ2n) is 6.75. The van der Waals surface area contributed by atoms with E-state index in [0.29, 0.717) is 0 Å². The molecule has 0 aromatic heterocycles. The van der Waals surface area contributed by atoms with E-state index in [1.165, 1.54) is 5.69 Å². The van der Waals surface area contributed by atoms with Crippen molar-refractivity contribution in [3.05, 3.63) is 108 Å². The van der Waals surface area contributed by atoms with Crippen LogP contribution in [0.1, 0.15) is 36.5 Å². The number of ketones is 1. The van der Waals surface area contributed by atoms with Gasteiger partial charge in [0.2, 0.25) is 0 Å². The molecule has 28 heavy (non-hydrogen) atoms. The van der Waals surface area contributed by atoms with Gasteiger partial charge < -0.3 is 4.90 Å². The van der Waals surface area contributed by atoms with Gasteiger partial charge in [0.1, 0.15) is 0 Å². The summed E-state index contributed by atoms with van der Waals surface area (Å²) in [6.07, 6.45) is 3.62. The van der Waals surface area contributed by atoms with Gasteiger partial charge in [0.15, 0.2) is 5.78 Å². The summed E-state index contributed by atoms with van der Waals surface area (Å²) >= 11 is 0. The smallest absolute Gasteiger partial charge is 0.167 e. The van der Waals surface area contributed by atoms with Crippen molar-refractivity contribution in [1.29, 1.82) is 0 Å². The Bertz CT molecular complexity index is 855. The van der Waals surface area contributed by atoms with Gasteiger partial charge in [-0.1, -0.05) is 78.9 Å². The Balaban J connectivity index is 1.82. The summed E-state index contributed by atoms with van der Waals surface area (Å²) in [5.41, 5.74) is 4.27. The molecule has 0 aliphatic rings. The predicted octanol–water partition coefficient (Wildman–Crippen LogP) is 5.95. The molecule has 0 N–H and O–H groups in total. The molecule has 3 aromatic rings. The zero-order chi connectivity index (χ0) is 19.8. The minimum absolute atomic E-state index is 0.0882. The molecule has 2 heteroatoms. The molecule has 3 aromatic carbocycles. The van der Waals surface area contributed by atoms with Gasteiger partial charge in [0.05, 0.1) is 5.92 Å². The highest BCUT2D eigenvalue weighted by Crippen LogP contribution is 2.26. The molecule has 0 atom stereocenters. The molecule has 0 saturated heterocycles. The average Bonchev–Trinajstić information content (AvgIpc) is 2.76. The van der Waals surface area contributed by atoms with E-state index < -0.39 is 0 Å². The molecule has 0 unspecified atom stereocenters. The highest BCUT2D eigenvalue weighted by molar-refractivity contribution is 6.00. The maximum atomic E-state index is 13.1. The lowest BCUT2D eigenvalue weighted by atomic mass is 9.87. The molecule has 0 radical (unpaired) electrons. The molecule has 142 valence electrons. The predicted molar refractivity (Wildman–Crippen MR) is 119 cm³/mol. The van der Waals surface area contributed by atoms with Crippen molar-refractivity contribution in [2.45, 2.75) is 19.8 Å². The first-order valence-electron chi connectivity index (χ1n) is 9.89. The monoisotopic (exact) mass is 369 g/mol. The van der Waals surface area contributed by atoms with Crippen LogP contribution in [0.15, 0.2) is 91.0 Å². The van der Waals surface area contributed by atoms with Crippen molar-refractivity contribution in [3.63, 3.8) is 0 Å². The van der Waals surface area contributed by atoms with Crippen LogP contribution in [0.2, 0.25) is 0 Å². The highest BCUT2D eigenvalue weighted by atomic mass is 16.1. The van der Waals surface area contributed by atoms with Crippen molar-refractivity contribution >= 4 is 17.5 Å². The normalized spacial score (nSPS) is 11.1. The van der Waals surface area contributed by atoms with Crippen LogP contribution in [-0.2, 0) is 4.79 Å². The lowest BCUT2D eigenvalue weighted by Crippen LogP contribution is -2.21. The molecule has 0 heterocycles. The van der Waals surface area contributed by atoms with Crippen LogP contribution in [0, 0.1) is 0 Å². The molecule has 0 fully saturated rings. The summed E-state index contributed by atoms with van der Waals surface area (Å²) < 4.78 is 0. The summed E-state index contributed by atoms with van der Waals surface area (Å²) in [6.45, 7) is 6.28. The second kappa shape index (κ2) is 9.70. The fourth-order valence-electron chi connectivity index (χ4n) is 3.47. The van der Waals surface area contributed by atoms with Gasteiger partial charge in [-0.3, -0.25) is 4.79 Å². The van der Waals surface area contributed by atoms with Gasteiger partial charge in [-0.05, 0) is 48.7 Å². The van der Waals surface area contributed by atoms with Crippen LogP contribution in [0.3, 0.4) is 0 Å². The number of anilines is 1. The SMILES string of the molecule is CCN(CC)c1ccc(/C=C\C(=O)C(c2ccccc2)c2ccccc2)cc1. The van der Waals surface area contributed by atoms with E-state index in [-0.39, 0.29) is 11.7 Å². The molecular weight excluding hydrogens is 342 g/mol. The van der Waals surface area contributed by atoms with Crippen molar-refractivity contribution in [2.24, 2.45) is 0 Å². The van der Waals surface area contributed by atoms with Gasteiger partial charge in [0, 0.05) is 18.8 Å². The average molecular weight is 370 g/mol. The third-order valence-electron chi connectivity index (χ3n) is 5.01. The maximum absolute atomic E-state index is 13.1. The van der Waals surface area contributed by atoms with Gasteiger partial charge in [-0.15, -0.1) is 0 Å². The second-order valence-corrected chi connectivity index (χ2v) is 6.75. The standard InChI is InChI=1S/C26H27NO/c1-3-27(4-2)24-18-15-21(16-19-24)17-20-25(28)26(22-11-7-5-8-12-22)23-13-9-6-10-14-23/h5-20,26H,3-4H2,1-2H3/b20-17-. The topological polar surface area (TPSA) is 20.3 Å². The zero-order valence-corrected chi connectivity index (χ0v) is 16.6. The Hall–Kier alpha value is -3.13. The summed E-state index contributed by atoms with van der Waals surface area (Å²) in [5, 5.41) is 0.